The van der Waals surface area contributed by atoms with Gasteiger partial charge in [-0.05, 0) is 166 Å². The second-order valence-electron chi connectivity index (χ2n) is 22.0. The van der Waals surface area contributed by atoms with Crippen LogP contribution in [0.3, 0.4) is 0 Å². The van der Waals surface area contributed by atoms with Gasteiger partial charge in [-0.15, -0.1) is 0 Å². The molecule has 0 aliphatic carbocycles. The third kappa shape index (κ3) is 21.4. The molecule has 1 aliphatic rings. The van der Waals surface area contributed by atoms with E-state index in [-0.39, 0.29) is 64.5 Å². The Bertz CT molecular complexity index is 3880. The highest BCUT2D eigenvalue weighted by Gasteiger charge is 2.24. The molecule has 1 aliphatic heterocycles. The SMILES string of the molecule is CC(C)(C)OC(=O)CBr.COC(=O)c1ccc2c(Br)nn(CC(=O)OC(C)(C)C)c2c1.COC(=O)c1ccc2c(C(C)=O)nn(CC(=O)O)c2c1.COC(=O)c1ccc2c(C(C)=O)nn(CC(=O)OC(C)(C)C)c2c1.COC(=O)c1ccc2c(c1)CN=C2Br. The second-order valence-corrected chi connectivity index (χ2v) is 24.1. The highest BCUT2D eigenvalue weighted by atomic mass is 79.9. The van der Waals surface area contributed by atoms with Gasteiger partial charge in [0.2, 0.25) is 0 Å². The molecule has 4 heterocycles. The van der Waals surface area contributed by atoms with Crippen molar-refractivity contribution in [2.75, 3.05) is 33.8 Å². The number of methoxy groups -OCH3 is 4. The smallest absolute Gasteiger partial charge is 0.337 e. The molecular weight excluding hydrogens is 1360 g/mol. The fourth-order valence-electron chi connectivity index (χ4n) is 8.00. The normalized spacial score (nSPS) is 11.5. The summed E-state index contributed by atoms with van der Waals surface area (Å²) in [4.78, 5) is 119. The number of carboxylic acids is 1. The lowest BCUT2D eigenvalue weighted by atomic mass is 10.1. The largest absolute Gasteiger partial charge is 0.480 e. The number of carbonyl (C=O) groups excluding carboxylic acids is 9. The standard InChI is InChI=1S/C17H20N2O5.C15H17BrN2O4.C13H12N2O5.C10H8BrNO2.C6H11BrO2/c1-10(20)15-12-7-6-11(16(22)23-5)8-13(12)19(18-15)9-14(21)24-17(2,3)4;1-15(2,3)22-12(19)8-18-11-7-9(14(20)21-4)5-6-10(11)13(16)17-18;1-7(16)12-9-4-3-8(13(19)20-2)5-10(9)15(14-12)6-11(17)18;1-14-10(13)6-2-3-8-7(4-6)5-12-9(8)11;1-6(2,3)9-5(8)4-7/h6-8H,9H2,1-5H3;5-7H,8H2,1-4H3;3-5H,6H2,1-2H3,(H,17,18);2-4H,5H2,1H3;4H2,1-3H3. The Labute approximate surface area is 537 Å². The van der Waals surface area contributed by atoms with Crippen LogP contribution in [0.15, 0.2) is 82.4 Å². The number of fused-ring (bicyclic) bond motifs is 4. The number of ether oxygens (including phenoxy) is 7. The van der Waals surface area contributed by atoms with E-state index >= 15 is 0 Å². The number of alkyl halides is 1. The molecule has 0 saturated heterocycles. The quantitative estimate of drug-likeness (QED) is 0.0485. The van der Waals surface area contributed by atoms with Crippen LogP contribution in [0.25, 0.3) is 32.7 Å². The fourth-order valence-corrected chi connectivity index (χ4v) is 9.15. The van der Waals surface area contributed by atoms with Gasteiger partial charge in [0.15, 0.2) is 11.6 Å². The Balaban J connectivity index is 0.000000245. The van der Waals surface area contributed by atoms with Crippen LogP contribution in [0.1, 0.15) is 150 Å². The van der Waals surface area contributed by atoms with E-state index in [4.69, 9.17) is 28.8 Å². The summed E-state index contributed by atoms with van der Waals surface area (Å²) >= 11 is 9.69. The zero-order valence-electron chi connectivity index (χ0n) is 51.6. The Morgan fingerprint density at radius 3 is 1.17 bits per heavy atom. The lowest BCUT2D eigenvalue weighted by Crippen LogP contribution is -2.26. The van der Waals surface area contributed by atoms with E-state index in [0.29, 0.717) is 55.2 Å². The summed E-state index contributed by atoms with van der Waals surface area (Å²) in [6.07, 6.45) is 0. The van der Waals surface area contributed by atoms with Crippen LogP contribution in [0.2, 0.25) is 0 Å². The Morgan fingerprint density at radius 2 is 0.820 bits per heavy atom. The molecule has 3 aromatic heterocycles. The van der Waals surface area contributed by atoms with Crippen LogP contribution >= 0.6 is 47.8 Å². The number of hydrogen-bond donors (Lipinski definition) is 1. The summed E-state index contributed by atoms with van der Waals surface area (Å²) in [6, 6.07) is 19.7. The molecule has 476 valence electrons. The van der Waals surface area contributed by atoms with Crippen LogP contribution in [-0.2, 0) is 78.5 Å². The van der Waals surface area contributed by atoms with Crippen molar-refractivity contribution in [3.8, 4) is 0 Å². The number of carbonyl (C=O) groups is 10. The lowest BCUT2D eigenvalue weighted by molar-refractivity contribution is -0.156. The number of rotatable bonds is 13. The topological polar surface area (TPSA) is 321 Å². The van der Waals surface area contributed by atoms with Gasteiger partial charge in [-0.25, -0.2) is 19.2 Å². The first-order valence-corrected chi connectivity index (χ1v) is 29.4. The van der Waals surface area contributed by atoms with Crippen molar-refractivity contribution in [2.24, 2.45) is 4.99 Å². The van der Waals surface area contributed by atoms with Crippen LogP contribution in [0.5, 0.6) is 0 Å². The van der Waals surface area contributed by atoms with E-state index < -0.39 is 53.6 Å². The summed E-state index contributed by atoms with van der Waals surface area (Å²) < 4.78 is 39.6. The van der Waals surface area contributed by atoms with Crippen LogP contribution < -0.4 is 0 Å². The van der Waals surface area contributed by atoms with Crippen molar-refractivity contribution in [3.63, 3.8) is 0 Å². The molecule has 1 N–H and O–H groups in total. The summed E-state index contributed by atoms with van der Waals surface area (Å²) in [7, 11) is 5.23. The van der Waals surface area contributed by atoms with Crippen molar-refractivity contribution in [1.29, 1.82) is 0 Å². The first-order chi connectivity index (χ1) is 41.4. The minimum atomic E-state index is -1.09. The molecule has 25 nitrogen and oxygen atoms in total. The molecule has 0 fully saturated rings. The monoisotopic (exact) mass is 1420 g/mol. The number of Topliss-reactive ketones (excluding diaryl/α,β-unsaturated/α-hetero) is 2. The van der Waals surface area contributed by atoms with Gasteiger partial charge in [-0.2, -0.15) is 15.3 Å². The molecule has 0 bridgehead atoms. The molecule has 0 amide bonds. The summed E-state index contributed by atoms with van der Waals surface area (Å²) in [5.41, 5.74) is 4.08. The van der Waals surface area contributed by atoms with Crippen molar-refractivity contribution in [3.05, 3.63) is 122 Å². The minimum absolute atomic E-state index is 0.0377. The first-order valence-electron chi connectivity index (χ1n) is 26.7. The molecule has 89 heavy (non-hydrogen) atoms. The van der Waals surface area contributed by atoms with Crippen molar-refractivity contribution < 1.29 is 86.2 Å². The number of hydrogen-bond acceptors (Lipinski definition) is 21. The molecule has 0 saturated carbocycles. The van der Waals surface area contributed by atoms with Gasteiger partial charge in [0.05, 0.1) is 73.8 Å². The third-order valence-corrected chi connectivity index (χ3v) is 13.2. The number of carboxylic acid groups (broad SMARTS) is 1. The summed E-state index contributed by atoms with van der Waals surface area (Å²) in [6.45, 7) is 19.0. The number of benzene rings is 4. The molecule has 0 atom stereocenters. The van der Waals surface area contributed by atoms with Gasteiger partial charge < -0.3 is 38.3 Å². The second kappa shape index (κ2) is 31.6. The molecule has 0 radical (unpaired) electrons. The summed E-state index contributed by atoms with van der Waals surface area (Å²) in [5, 5.41) is 23.5. The van der Waals surface area contributed by atoms with Gasteiger partial charge in [0.25, 0.3) is 0 Å². The third-order valence-electron chi connectivity index (χ3n) is 11.5. The van der Waals surface area contributed by atoms with Crippen LogP contribution in [0.4, 0.5) is 0 Å². The molecule has 28 heteroatoms. The minimum Gasteiger partial charge on any atom is -0.480 e. The van der Waals surface area contributed by atoms with Gasteiger partial charge in [0.1, 0.15) is 62.4 Å². The number of halogens is 3. The average molecular weight is 1430 g/mol. The number of aromatic nitrogens is 6. The number of esters is 7. The van der Waals surface area contributed by atoms with Crippen LogP contribution in [0, 0.1) is 0 Å². The molecule has 0 unspecified atom stereocenters. The van der Waals surface area contributed by atoms with Crippen LogP contribution in [-0.4, -0.2) is 149 Å². The van der Waals surface area contributed by atoms with E-state index in [9.17, 15) is 47.9 Å². The Morgan fingerprint density at radius 1 is 0.483 bits per heavy atom. The maximum Gasteiger partial charge on any atom is 0.337 e. The van der Waals surface area contributed by atoms with E-state index in [1.165, 1.54) is 68.5 Å². The number of aliphatic imine (C=N–C) groups is 1. The molecule has 7 aromatic rings. The Kier molecular flexibility index (Phi) is 25.9. The molecule has 4 aromatic carbocycles. The maximum atomic E-state index is 12.1. The fraction of sp³-hybridized carbons (Fsp3) is 0.377. The molecule has 8 rings (SSSR count). The number of nitrogens with zero attached hydrogens (tertiary/aromatic N) is 7. The van der Waals surface area contributed by atoms with E-state index in [2.05, 4.69) is 77.6 Å². The van der Waals surface area contributed by atoms with E-state index in [0.717, 1.165) is 21.1 Å². The van der Waals surface area contributed by atoms with Gasteiger partial charge >= 0.3 is 47.8 Å². The van der Waals surface area contributed by atoms with Gasteiger partial charge in [-0.1, -0.05) is 22.0 Å². The van der Waals surface area contributed by atoms with Gasteiger partial charge in [0, 0.05) is 35.6 Å². The first kappa shape index (κ1) is 73.0. The van der Waals surface area contributed by atoms with E-state index in [1.54, 1.807) is 90.1 Å². The molecule has 0 spiro atoms. The molecular formula is C61H68Br3N7O18. The number of ketones is 2. The van der Waals surface area contributed by atoms with Crippen molar-refractivity contribution in [1.82, 2.24) is 29.3 Å². The number of aliphatic carboxylic acids is 1. The van der Waals surface area contributed by atoms with Crippen molar-refractivity contribution in [2.45, 2.75) is 119 Å². The summed E-state index contributed by atoms with van der Waals surface area (Å²) in [5.74, 6) is -4.49. The van der Waals surface area contributed by atoms with E-state index in [1.807, 2.05) is 32.9 Å². The maximum absolute atomic E-state index is 12.1. The van der Waals surface area contributed by atoms with Gasteiger partial charge in [-0.3, -0.25) is 47.8 Å². The zero-order valence-corrected chi connectivity index (χ0v) is 56.4. The van der Waals surface area contributed by atoms with Crippen molar-refractivity contribution >= 4 is 144 Å². The Hall–Kier alpha value is -8.50. The highest BCUT2D eigenvalue weighted by Crippen LogP contribution is 2.27. The lowest BCUT2D eigenvalue weighted by Gasteiger charge is -2.19. The average Bonchev–Trinajstić information content (AvgIpc) is 1.78. The predicted octanol–water partition coefficient (Wildman–Crippen LogP) is 10.3. The highest BCUT2D eigenvalue weighted by molar-refractivity contribution is 9.18. The zero-order chi connectivity index (χ0) is 67.0. The predicted molar refractivity (Wildman–Crippen MR) is 337 cm³/mol.